The number of halogens is 1. The van der Waals surface area contributed by atoms with E-state index in [1.807, 2.05) is 0 Å². The van der Waals surface area contributed by atoms with E-state index < -0.39 is 32.4 Å². The Labute approximate surface area is 82.7 Å². The first-order valence-electron chi connectivity index (χ1n) is 4.05. The Bertz CT molecular complexity index is 242. The van der Waals surface area contributed by atoms with Gasteiger partial charge in [0.15, 0.2) is 14.4 Å². The van der Waals surface area contributed by atoms with Crippen molar-refractivity contribution in [1.82, 2.24) is 0 Å². The Morgan fingerprint density at radius 1 is 1.21 bits per heavy atom. The van der Waals surface area contributed by atoms with Crippen LogP contribution in [0, 0.1) is 0 Å². The van der Waals surface area contributed by atoms with E-state index in [0.717, 1.165) is 0 Å². The molecule has 0 aromatic rings. The highest BCUT2D eigenvalue weighted by atomic mass is 28.4. The van der Waals surface area contributed by atoms with Gasteiger partial charge in [0.1, 0.15) is 0 Å². The highest BCUT2D eigenvalue weighted by molar-refractivity contribution is 6.69. The van der Waals surface area contributed by atoms with Gasteiger partial charge in [0.2, 0.25) is 12.1 Å². The van der Waals surface area contributed by atoms with Crippen molar-refractivity contribution in [2.45, 2.75) is 31.9 Å². The van der Waals surface area contributed by atoms with E-state index in [2.05, 4.69) is 0 Å². The average molecular weight is 222 g/mol. The summed E-state index contributed by atoms with van der Waals surface area (Å²) < 4.78 is 18.2. The van der Waals surface area contributed by atoms with Gasteiger partial charge in [-0.25, -0.2) is 4.39 Å². The van der Waals surface area contributed by atoms with Crippen LogP contribution in [-0.2, 0) is 14.0 Å². The molecule has 0 aliphatic rings. The van der Waals surface area contributed by atoms with E-state index in [4.69, 9.17) is 15.9 Å². The Hall–Kier alpha value is -0.953. The van der Waals surface area contributed by atoms with E-state index in [1.165, 1.54) is 0 Å². The van der Waals surface area contributed by atoms with Gasteiger partial charge in [0, 0.05) is 0 Å². The van der Waals surface area contributed by atoms with Crippen LogP contribution >= 0.6 is 0 Å². The molecule has 14 heavy (non-hydrogen) atoms. The van der Waals surface area contributed by atoms with Crippen molar-refractivity contribution in [2.75, 3.05) is 0 Å². The van der Waals surface area contributed by atoms with Crippen LogP contribution in [0.5, 0.6) is 0 Å². The maximum Gasteiger partial charge on any atom is 0.255 e. The summed E-state index contributed by atoms with van der Waals surface area (Å²) in [6, 6.07) is 0. The number of carbonyl (C=O) groups excluding carboxylic acids is 2. The van der Waals surface area contributed by atoms with E-state index >= 15 is 0 Å². The van der Waals surface area contributed by atoms with Gasteiger partial charge >= 0.3 is 0 Å². The molecule has 2 unspecified atom stereocenters. The number of hydrogen-bond acceptors (Lipinski definition) is 3. The quantitative estimate of drug-likeness (QED) is 0.615. The Kier molecular flexibility index (Phi) is 4.21. The van der Waals surface area contributed by atoms with Gasteiger partial charge in [0.25, 0.3) is 5.91 Å². The minimum Gasteiger partial charge on any atom is -0.403 e. The molecule has 4 N–H and O–H groups in total. The van der Waals surface area contributed by atoms with Crippen molar-refractivity contribution in [3.05, 3.63) is 0 Å². The molecule has 0 aliphatic carbocycles. The molecule has 0 aromatic carbocycles. The number of amides is 2. The Morgan fingerprint density at radius 2 is 1.64 bits per heavy atom. The molecular formula is C7H15FN2O3Si. The van der Waals surface area contributed by atoms with Crippen molar-refractivity contribution in [1.29, 1.82) is 0 Å². The molecule has 0 bridgehead atoms. The van der Waals surface area contributed by atoms with Crippen molar-refractivity contribution < 1.29 is 18.4 Å². The monoisotopic (exact) mass is 222 g/mol. The molecule has 0 heterocycles. The number of nitrogens with two attached hydrogens (primary N) is 2. The van der Waals surface area contributed by atoms with Crippen LogP contribution in [0.3, 0.4) is 0 Å². The van der Waals surface area contributed by atoms with Crippen LogP contribution in [0.4, 0.5) is 4.39 Å². The lowest BCUT2D eigenvalue weighted by Gasteiger charge is -2.25. The number of hydrogen-bond donors (Lipinski definition) is 2. The van der Waals surface area contributed by atoms with Crippen LogP contribution in [0.1, 0.15) is 0 Å². The van der Waals surface area contributed by atoms with Crippen molar-refractivity contribution in [3.63, 3.8) is 0 Å². The van der Waals surface area contributed by atoms with E-state index in [-0.39, 0.29) is 0 Å². The highest BCUT2D eigenvalue weighted by Gasteiger charge is 2.35. The molecule has 2 atom stereocenters. The maximum atomic E-state index is 13.1. The zero-order chi connectivity index (χ0) is 11.5. The second kappa shape index (κ2) is 4.51. The molecule has 0 saturated carbocycles. The zero-order valence-corrected chi connectivity index (χ0v) is 9.41. The number of alkyl halides is 1. The van der Waals surface area contributed by atoms with Gasteiger partial charge in [-0.3, -0.25) is 9.59 Å². The maximum absolute atomic E-state index is 13.1. The molecule has 5 nitrogen and oxygen atoms in total. The first kappa shape index (κ1) is 13.0. The Morgan fingerprint density at radius 3 is 1.86 bits per heavy atom. The minimum atomic E-state index is -2.18. The molecule has 0 spiro atoms. The Balaban J connectivity index is 4.62. The molecule has 0 radical (unpaired) electrons. The predicted molar refractivity (Wildman–Crippen MR) is 51.5 cm³/mol. The fourth-order valence-electron chi connectivity index (χ4n) is 0.792. The number of rotatable bonds is 5. The lowest BCUT2D eigenvalue weighted by Crippen LogP contribution is -2.49. The molecule has 0 fully saturated rings. The number of primary amides is 2. The third-order valence-corrected chi connectivity index (χ3v) is 2.26. The molecule has 7 heteroatoms. The SMILES string of the molecule is C[Si](C)(C)OC(C(N)=O)C(F)C(N)=O. The standard InChI is InChI=1S/C7H15FN2O3Si/c1-14(2,3)13-5(7(10)12)4(8)6(9)11/h4-5H,1-3H3,(H2,9,11)(H2,10,12). The van der Waals surface area contributed by atoms with Gasteiger partial charge in [0.05, 0.1) is 0 Å². The summed E-state index contributed by atoms with van der Waals surface area (Å²) in [5.74, 6) is -2.26. The number of carbonyl (C=O) groups is 2. The second-order valence-electron chi connectivity index (χ2n) is 3.86. The third-order valence-electron chi connectivity index (χ3n) is 1.30. The summed E-state index contributed by atoms with van der Waals surface area (Å²) in [7, 11) is -2.14. The van der Waals surface area contributed by atoms with Crippen molar-refractivity contribution in [2.24, 2.45) is 11.5 Å². The predicted octanol–water partition coefficient (Wildman–Crippen LogP) is -0.485. The van der Waals surface area contributed by atoms with Gasteiger partial charge in [-0.15, -0.1) is 0 Å². The third kappa shape index (κ3) is 4.33. The summed E-state index contributed by atoms with van der Waals surface area (Å²) in [5.41, 5.74) is 9.60. The summed E-state index contributed by atoms with van der Waals surface area (Å²) in [4.78, 5) is 21.3. The topological polar surface area (TPSA) is 95.4 Å². The fraction of sp³-hybridized carbons (Fsp3) is 0.714. The van der Waals surface area contributed by atoms with Crippen LogP contribution in [0.15, 0.2) is 0 Å². The zero-order valence-electron chi connectivity index (χ0n) is 8.41. The lowest BCUT2D eigenvalue weighted by atomic mass is 10.2. The molecule has 0 aliphatic heterocycles. The molecule has 0 aromatic heterocycles. The molecular weight excluding hydrogens is 207 g/mol. The summed E-state index contributed by atoms with van der Waals surface area (Å²) >= 11 is 0. The smallest absolute Gasteiger partial charge is 0.255 e. The van der Waals surface area contributed by atoms with Crippen LogP contribution in [0.25, 0.3) is 0 Å². The van der Waals surface area contributed by atoms with Gasteiger partial charge in [-0.1, -0.05) is 0 Å². The van der Waals surface area contributed by atoms with Crippen molar-refractivity contribution >= 4 is 20.1 Å². The van der Waals surface area contributed by atoms with E-state index in [0.29, 0.717) is 0 Å². The molecule has 0 saturated heterocycles. The highest BCUT2D eigenvalue weighted by Crippen LogP contribution is 2.12. The van der Waals surface area contributed by atoms with E-state index in [9.17, 15) is 14.0 Å². The lowest BCUT2D eigenvalue weighted by molar-refractivity contribution is -0.136. The van der Waals surface area contributed by atoms with Crippen LogP contribution in [0.2, 0.25) is 19.6 Å². The summed E-state index contributed by atoms with van der Waals surface area (Å²) in [6.45, 7) is 5.24. The van der Waals surface area contributed by atoms with Gasteiger partial charge in [-0.05, 0) is 19.6 Å². The van der Waals surface area contributed by atoms with Gasteiger partial charge in [-0.2, -0.15) is 0 Å². The summed E-state index contributed by atoms with van der Waals surface area (Å²) in [5, 5.41) is 0. The van der Waals surface area contributed by atoms with Crippen LogP contribution in [-0.4, -0.2) is 32.4 Å². The largest absolute Gasteiger partial charge is 0.403 e. The molecule has 2 amide bonds. The molecule has 0 rings (SSSR count). The van der Waals surface area contributed by atoms with Crippen LogP contribution < -0.4 is 11.5 Å². The average Bonchev–Trinajstić information content (AvgIpc) is 1.96. The van der Waals surface area contributed by atoms with E-state index in [1.54, 1.807) is 19.6 Å². The van der Waals surface area contributed by atoms with Crippen molar-refractivity contribution in [3.8, 4) is 0 Å². The van der Waals surface area contributed by atoms with Gasteiger partial charge < -0.3 is 15.9 Å². The first-order chi connectivity index (χ1) is 6.15. The minimum absolute atomic E-state index is 1.02. The normalized spacial score (nSPS) is 16.0. The fourth-order valence-corrected chi connectivity index (χ4v) is 1.79. The molecule has 82 valence electrons. The summed E-state index contributed by atoms with van der Waals surface area (Å²) in [6.07, 6.45) is -3.75. The first-order valence-corrected chi connectivity index (χ1v) is 7.46. The second-order valence-corrected chi connectivity index (χ2v) is 8.32.